The molecule has 0 saturated carbocycles. The van der Waals surface area contributed by atoms with Gasteiger partial charge in [0.25, 0.3) is 0 Å². The molecule has 0 spiro atoms. The van der Waals surface area contributed by atoms with E-state index in [4.69, 9.17) is 4.84 Å². The van der Waals surface area contributed by atoms with Crippen molar-refractivity contribution >= 4 is 17.8 Å². The Morgan fingerprint density at radius 1 is 0.839 bits per heavy atom. The summed E-state index contributed by atoms with van der Waals surface area (Å²) in [7, 11) is 0. The number of hydrogen-bond acceptors (Lipinski definition) is 5. The van der Waals surface area contributed by atoms with Crippen LogP contribution in [0.2, 0.25) is 0 Å². The van der Waals surface area contributed by atoms with E-state index in [2.05, 4.69) is 5.48 Å². The van der Waals surface area contributed by atoms with E-state index in [1.165, 1.54) is 0 Å². The molecule has 0 radical (unpaired) electrons. The molecular formula is C26H27NO4. The highest BCUT2D eigenvalue weighted by atomic mass is 16.7. The van der Waals surface area contributed by atoms with Gasteiger partial charge in [0.2, 0.25) is 0 Å². The molecule has 0 aliphatic rings. The van der Waals surface area contributed by atoms with E-state index in [1.54, 1.807) is 55.5 Å². The monoisotopic (exact) mass is 417 g/mol. The Morgan fingerprint density at radius 3 is 1.97 bits per heavy atom. The first-order valence-corrected chi connectivity index (χ1v) is 10.1. The van der Waals surface area contributed by atoms with E-state index >= 15 is 0 Å². The maximum absolute atomic E-state index is 11.1. The van der Waals surface area contributed by atoms with Crippen LogP contribution in [0.1, 0.15) is 24.5 Å². The number of nitrogens with one attached hydrogen (secondary N) is 1. The van der Waals surface area contributed by atoms with Gasteiger partial charge in [-0.3, -0.25) is 10.3 Å². The zero-order valence-electron chi connectivity index (χ0n) is 17.3. The average Bonchev–Trinajstić information content (AvgIpc) is 2.77. The van der Waals surface area contributed by atoms with Crippen molar-refractivity contribution in [2.24, 2.45) is 0 Å². The smallest absolute Gasteiger partial charge is 0.121 e. The second kappa shape index (κ2) is 10.5. The predicted molar refractivity (Wildman–Crippen MR) is 124 cm³/mol. The lowest BCUT2D eigenvalue weighted by Crippen LogP contribution is -2.40. The van der Waals surface area contributed by atoms with Crippen LogP contribution in [0.3, 0.4) is 0 Å². The van der Waals surface area contributed by atoms with Crippen molar-refractivity contribution in [3.8, 4) is 11.5 Å². The van der Waals surface area contributed by atoms with Crippen LogP contribution in [0, 0.1) is 0 Å². The molecule has 0 heterocycles. The molecular weight excluding hydrogens is 390 g/mol. The van der Waals surface area contributed by atoms with Crippen molar-refractivity contribution in [1.29, 1.82) is 0 Å². The third kappa shape index (κ3) is 7.03. The number of phenolic OH excluding ortho intramolecular Hbond substituents is 2. The van der Waals surface area contributed by atoms with Crippen LogP contribution in [0.25, 0.3) is 12.2 Å². The molecule has 0 saturated heterocycles. The second-order valence-corrected chi connectivity index (χ2v) is 7.45. The minimum Gasteiger partial charge on any atom is -0.508 e. The lowest BCUT2D eigenvalue weighted by Gasteiger charge is -2.29. The fourth-order valence-electron chi connectivity index (χ4n) is 2.92. The Morgan fingerprint density at radius 2 is 1.39 bits per heavy atom. The number of benzene rings is 3. The van der Waals surface area contributed by atoms with Gasteiger partial charge in [0.1, 0.15) is 23.2 Å². The molecule has 0 bridgehead atoms. The third-order valence-electron chi connectivity index (χ3n) is 4.80. The fraction of sp³-hybridized carbons (Fsp3) is 0.154. The zero-order chi connectivity index (χ0) is 22.1. The summed E-state index contributed by atoms with van der Waals surface area (Å²) in [4.78, 5) is 5.88. The number of aromatic hydroxyl groups is 2. The van der Waals surface area contributed by atoms with E-state index in [9.17, 15) is 15.3 Å². The lowest BCUT2D eigenvalue weighted by atomic mass is 9.94. The quantitative estimate of drug-likeness (QED) is 0.352. The maximum atomic E-state index is 11.1. The number of aliphatic hydroxyl groups is 1. The summed E-state index contributed by atoms with van der Waals surface area (Å²) in [5.41, 5.74) is 4.22. The maximum Gasteiger partial charge on any atom is 0.121 e. The first kappa shape index (κ1) is 22.2. The molecule has 160 valence electrons. The molecule has 2 atom stereocenters. The second-order valence-electron chi connectivity index (χ2n) is 7.45. The number of rotatable bonds is 9. The SMILES string of the molecule is CC(O)(/C=C/c1ccc(O)cc1)C(C/C=C/c1ccc(O)cc1)ONc1ccccc1. The highest BCUT2D eigenvalue weighted by molar-refractivity contribution is 5.52. The normalized spacial score (nSPS) is 14.5. The Kier molecular flexibility index (Phi) is 7.49. The largest absolute Gasteiger partial charge is 0.508 e. The molecule has 2 unspecified atom stereocenters. The molecule has 3 rings (SSSR count). The molecule has 0 fully saturated rings. The van der Waals surface area contributed by atoms with Crippen LogP contribution in [-0.2, 0) is 4.84 Å². The van der Waals surface area contributed by atoms with Crippen molar-refractivity contribution in [3.05, 3.63) is 102 Å². The molecule has 4 N–H and O–H groups in total. The summed E-state index contributed by atoms with van der Waals surface area (Å²) in [6.07, 6.45) is 7.17. The van der Waals surface area contributed by atoms with Gasteiger partial charge in [0, 0.05) is 0 Å². The van der Waals surface area contributed by atoms with Crippen molar-refractivity contribution in [3.63, 3.8) is 0 Å². The number of hydrogen-bond donors (Lipinski definition) is 4. The molecule has 0 aliphatic carbocycles. The van der Waals surface area contributed by atoms with E-state index < -0.39 is 11.7 Å². The Balaban J connectivity index is 1.73. The minimum absolute atomic E-state index is 0.191. The minimum atomic E-state index is -1.28. The molecule has 5 heteroatoms. The lowest BCUT2D eigenvalue weighted by molar-refractivity contribution is -0.0489. The standard InChI is InChI=1S/C26H27NO4/c1-26(30,19-18-21-12-16-24(29)17-13-21)25(31-27-22-7-3-2-4-8-22)9-5-6-20-10-14-23(28)15-11-20/h2-8,10-19,25,27-30H,9H2,1H3/b6-5+,19-18+. The van der Waals surface area contributed by atoms with Gasteiger partial charge in [0.05, 0.1) is 5.69 Å². The molecule has 0 aliphatic heterocycles. The van der Waals surface area contributed by atoms with Gasteiger partial charge in [-0.25, -0.2) is 0 Å². The van der Waals surface area contributed by atoms with Gasteiger partial charge in [-0.1, -0.05) is 66.8 Å². The number of anilines is 1. The Bertz CT molecular complexity index is 994. The van der Waals surface area contributed by atoms with Crippen LogP contribution in [0.15, 0.2) is 91.0 Å². The number of phenols is 2. The first-order valence-electron chi connectivity index (χ1n) is 10.1. The van der Waals surface area contributed by atoms with Crippen molar-refractivity contribution in [2.75, 3.05) is 5.48 Å². The van der Waals surface area contributed by atoms with Crippen LogP contribution in [0.4, 0.5) is 5.69 Å². The summed E-state index contributed by atoms with van der Waals surface area (Å²) < 4.78 is 0. The van der Waals surface area contributed by atoms with Crippen LogP contribution < -0.4 is 5.48 Å². The average molecular weight is 418 g/mol. The van der Waals surface area contributed by atoms with Gasteiger partial charge in [-0.2, -0.15) is 0 Å². The van der Waals surface area contributed by atoms with E-state index in [-0.39, 0.29) is 11.5 Å². The van der Waals surface area contributed by atoms with Gasteiger partial charge < -0.3 is 15.3 Å². The van der Waals surface area contributed by atoms with E-state index in [1.807, 2.05) is 54.6 Å². The van der Waals surface area contributed by atoms with Gasteiger partial charge in [-0.05, 0) is 60.9 Å². The fourth-order valence-corrected chi connectivity index (χ4v) is 2.92. The molecule has 0 aromatic heterocycles. The molecule has 3 aromatic rings. The van der Waals surface area contributed by atoms with Crippen LogP contribution in [-0.4, -0.2) is 27.0 Å². The Labute approximate surface area is 182 Å². The Hall–Kier alpha value is -3.54. The summed E-state index contributed by atoms with van der Waals surface area (Å²) >= 11 is 0. The summed E-state index contributed by atoms with van der Waals surface area (Å²) in [6, 6.07) is 23.1. The van der Waals surface area contributed by atoms with Crippen LogP contribution in [0.5, 0.6) is 11.5 Å². The van der Waals surface area contributed by atoms with Gasteiger partial charge >= 0.3 is 0 Å². The van der Waals surface area contributed by atoms with Crippen molar-refractivity contribution in [1.82, 2.24) is 0 Å². The summed E-state index contributed by atoms with van der Waals surface area (Å²) in [5.74, 6) is 0.407. The van der Waals surface area contributed by atoms with Crippen molar-refractivity contribution in [2.45, 2.75) is 25.0 Å². The van der Waals surface area contributed by atoms with Crippen LogP contribution >= 0.6 is 0 Å². The van der Waals surface area contributed by atoms with Gasteiger partial charge in [-0.15, -0.1) is 0 Å². The predicted octanol–water partition coefficient (Wildman–Crippen LogP) is 5.38. The molecule has 3 aromatic carbocycles. The van der Waals surface area contributed by atoms with Crippen molar-refractivity contribution < 1.29 is 20.2 Å². The molecule has 5 nitrogen and oxygen atoms in total. The summed E-state index contributed by atoms with van der Waals surface area (Å²) in [5, 5.41) is 30.0. The first-order chi connectivity index (χ1) is 14.9. The highest BCUT2D eigenvalue weighted by Crippen LogP contribution is 2.23. The van der Waals surface area contributed by atoms with E-state index in [0.29, 0.717) is 6.42 Å². The molecule has 31 heavy (non-hydrogen) atoms. The topological polar surface area (TPSA) is 82.0 Å². The third-order valence-corrected chi connectivity index (χ3v) is 4.80. The molecule has 0 amide bonds. The summed E-state index contributed by atoms with van der Waals surface area (Å²) in [6.45, 7) is 1.69. The van der Waals surface area contributed by atoms with Gasteiger partial charge in [0.15, 0.2) is 0 Å². The number of para-hydroxylation sites is 1. The van der Waals surface area contributed by atoms with E-state index in [0.717, 1.165) is 16.8 Å². The highest BCUT2D eigenvalue weighted by Gasteiger charge is 2.30. The zero-order valence-corrected chi connectivity index (χ0v) is 17.3.